The van der Waals surface area contributed by atoms with Crippen molar-refractivity contribution in [1.82, 2.24) is 15.5 Å². The lowest BCUT2D eigenvalue weighted by Gasteiger charge is -2.63. The van der Waals surface area contributed by atoms with Gasteiger partial charge in [0.2, 0.25) is 0 Å². The van der Waals surface area contributed by atoms with Gasteiger partial charge in [0.25, 0.3) is 5.91 Å². The molecular weight excluding hydrogens is 510 g/mol. The van der Waals surface area contributed by atoms with E-state index in [1.54, 1.807) is 18.2 Å². The second kappa shape index (κ2) is 11.0. The summed E-state index contributed by atoms with van der Waals surface area (Å²) in [6.07, 6.45) is 2.36. The summed E-state index contributed by atoms with van der Waals surface area (Å²) < 4.78 is 6.35. The molecule has 2 aromatic rings. The highest BCUT2D eigenvalue weighted by atomic mass is 35.5. The third-order valence-electron chi connectivity index (χ3n) is 9.06. The van der Waals surface area contributed by atoms with Gasteiger partial charge in [-0.25, -0.2) is 0 Å². The Labute approximate surface area is 237 Å². The van der Waals surface area contributed by atoms with Crippen LogP contribution in [0.1, 0.15) is 56.5 Å². The quantitative estimate of drug-likeness (QED) is 0.544. The number of nitrogens with one attached hydrogen (secondary N) is 2. The van der Waals surface area contributed by atoms with Gasteiger partial charge in [0.1, 0.15) is 17.9 Å². The van der Waals surface area contributed by atoms with E-state index in [1.807, 2.05) is 12.1 Å². The highest BCUT2D eigenvalue weighted by Gasteiger charge is 2.64. The van der Waals surface area contributed by atoms with Crippen LogP contribution in [0.3, 0.4) is 0 Å². The molecule has 1 amide bonds. The Kier molecular flexibility index (Phi) is 7.83. The maximum Gasteiger partial charge on any atom is 0.251 e. The average molecular weight is 550 g/mol. The van der Waals surface area contributed by atoms with E-state index in [1.165, 1.54) is 18.5 Å². The fraction of sp³-hybridized carbons (Fsp3) is 0.548. The summed E-state index contributed by atoms with van der Waals surface area (Å²) >= 11 is 6.21. The summed E-state index contributed by atoms with van der Waals surface area (Å²) in [5, 5.41) is 16.3. The van der Waals surface area contributed by atoms with Crippen LogP contribution in [0.5, 0.6) is 5.75 Å². The topological polar surface area (TPSA) is 80.6 Å². The molecule has 2 aliphatic heterocycles. The number of piperidine rings is 1. The van der Waals surface area contributed by atoms with E-state index >= 15 is 0 Å². The molecule has 0 aromatic heterocycles. The molecule has 0 bridgehead atoms. The van der Waals surface area contributed by atoms with Crippen LogP contribution < -0.4 is 20.3 Å². The number of hydrogen-bond acceptors (Lipinski definition) is 6. The molecule has 1 aliphatic carbocycles. The number of carbonyl (C=O) groups excluding carboxylic acids is 1. The van der Waals surface area contributed by atoms with E-state index in [9.17, 15) is 4.79 Å². The molecule has 3 aliphatic rings. The summed E-state index contributed by atoms with van der Waals surface area (Å²) in [4.78, 5) is 18.4. The Morgan fingerprint density at radius 1 is 1.03 bits per heavy atom. The molecule has 0 spiro atoms. The number of piperazine rings is 1. The van der Waals surface area contributed by atoms with Crippen molar-refractivity contribution in [3.8, 4) is 11.8 Å². The van der Waals surface area contributed by atoms with Crippen LogP contribution in [0.15, 0.2) is 42.5 Å². The Balaban J connectivity index is 1.18. The zero-order valence-corrected chi connectivity index (χ0v) is 24.2. The van der Waals surface area contributed by atoms with Gasteiger partial charge < -0.3 is 20.3 Å². The molecular formula is C31H40ClN5O2. The molecule has 0 unspecified atom stereocenters. The van der Waals surface area contributed by atoms with Gasteiger partial charge in [0, 0.05) is 66.4 Å². The third kappa shape index (κ3) is 5.48. The fourth-order valence-electron chi connectivity index (χ4n) is 7.15. The molecule has 39 heavy (non-hydrogen) atoms. The SMILES string of the molecule is CC1(C)C(NC(=O)c2ccc(N3CCN(C4CCNCC4)CC3)cc2)C(C)(C)C1Oc1ccc(C#N)c(Cl)c1. The average Bonchev–Trinajstić information content (AvgIpc) is 2.95. The first kappa shape index (κ1) is 27.8. The molecule has 2 heterocycles. The smallest absolute Gasteiger partial charge is 0.251 e. The minimum atomic E-state index is -0.298. The first-order chi connectivity index (χ1) is 18.6. The number of amides is 1. The fourth-order valence-corrected chi connectivity index (χ4v) is 7.36. The molecule has 0 atom stereocenters. The predicted molar refractivity (Wildman–Crippen MR) is 156 cm³/mol. The minimum absolute atomic E-state index is 0.0664. The van der Waals surface area contributed by atoms with Crippen molar-refractivity contribution in [1.29, 1.82) is 5.26 Å². The van der Waals surface area contributed by atoms with Gasteiger partial charge >= 0.3 is 0 Å². The van der Waals surface area contributed by atoms with Crippen LogP contribution in [0.4, 0.5) is 5.69 Å². The maximum atomic E-state index is 13.3. The summed E-state index contributed by atoms with van der Waals surface area (Å²) in [6.45, 7) is 15.0. The summed E-state index contributed by atoms with van der Waals surface area (Å²) in [7, 11) is 0. The number of halogens is 1. The van der Waals surface area contributed by atoms with Crippen molar-refractivity contribution >= 4 is 23.2 Å². The van der Waals surface area contributed by atoms with Crippen molar-refractivity contribution in [2.24, 2.45) is 10.8 Å². The van der Waals surface area contributed by atoms with Crippen LogP contribution in [-0.2, 0) is 0 Å². The van der Waals surface area contributed by atoms with E-state index in [0.717, 1.165) is 39.3 Å². The van der Waals surface area contributed by atoms with Gasteiger partial charge in [-0.3, -0.25) is 9.69 Å². The summed E-state index contributed by atoms with van der Waals surface area (Å²) in [6, 6.07) is 15.9. The standard InChI is InChI=1S/C31H40ClN5O2/c1-30(2)28(31(3,4)29(30)39-25-10-7-22(20-33)26(32)19-25)35-27(38)21-5-8-23(9-6-21)36-15-17-37(18-16-36)24-11-13-34-14-12-24/h5-10,19,24,28-29,34H,11-18H2,1-4H3,(H,35,38). The monoisotopic (exact) mass is 549 g/mol. The number of benzene rings is 2. The van der Waals surface area contributed by atoms with Gasteiger partial charge in [-0.15, -0.1) is 0 Å². The van der Waals surface area contributed by atoms with Crippen molar-refractivity contribution in [3.63, 3.8) is 0 Å². The molecule has 8 heteroatoms. The molecule has 2 N–H and O–H groups in total. The minimum Gasteiger partial charge on any atom is -0.489 e. The van der Waals surface area contributed by atoms with E-state index in [-0.39, 0.29) is 28.9 Å². The number of anilines is 1. The van der Waals surface area contributed by atoms with E-state index in [4.69, 9.17) is 21.6 Å². The van der Waals surface area contributed by atoms with Gasteiger partial charge in [0.05, 0.1) is 10.6 Å². The normalized spacial score (nSPS) is 24.9. The first-order valence-corrected chi connectivity index (χ1v) is 14.5. The lowest BCUT2D eigenvalue weighted by Crippen LogP contribution is -2.74. The second-order valence-corrected chi connectivity index (χ2v) is 12.8. The van der Waals surface area contributed by atoms with E-state index in [2.05, 4.69) is 66.3 Å². The molecule has 208 valence electrons. The van der Waals surface area contributed by atoms with Gasteiger partial charge in [-0.05, 0) is 62.3 Å². The van der Waals surface area contributed by atoms with E-state index in [0.29, 0.717) is 27.9 Å². The molecule has 1 saturated carbocycles. The van der Waals surface area contributed by atoms with Crippen molar-refractivity contribution in [2.75, 3.05) is 44.2 Å². The summed E-state index contributed by atoms with van der Waals surface area (Å²) in [5.41, 5.74) is 1.67. The van der Waals surface area contributed by atoms with Crippen LogP contribution in [0.25, 0.3) is 0 Å². The maximum absolute atomic E-state index is 13.3. The van der Waals surface area contributed by atoms with Crippen LogP contribution in [0, 0.1) is 22.2 Å². The van der Waals surface area contributed by atoms with Crippen molar-refractivity contribution < 1.29 is 9.53 Å². The van der Waals surface area contributed by atoms with Gasteiger partial charge in [-0.1, -0.05) is 39.3 Å². The second-order valence-electron chi connectivity index (χ2n) is 12.4. The Hall–Kier alpha value is -2.79. The molecule has 3 fully saturated rings. The van der Waals surface area contributed by atoms with Gasteiger partial charge in [0.15, 0.2) is 0 Å². The molecule has 5 rings (SSSR count). The molecule has 0 radical (unpaired) electrons. The Morgan fingerprint density at radius 2 is 1.67 bits per heavy atom. The van der Waals surface area contributed by atoms with E-state index < -0.39 is 0 Å². The lowest BCUT2D eigenvalue weighted by molar-refractivity contribution is -0.164. The number of hydrogen-bond donors (Lipinski definition) is 2. The van der Waals surface area contributed by atoms with Crippen molar-refractivity contribution in [2.45, 2.75) is 58.7 Å². The summed E-state index contributed by atoms with van der Waals surface area (Å²) in [5.74, 6) is 0.561. The molecule has 2 saturated heterocycles. The molecule has 7 nitrogen and oxygen atoms in total. The zero-order chi connectivity index (χ0) is 27.8. The zero-order valence-electron chi connectivity index (χ0n) is 23.5. The Bertz CT molecular complexity index is 1210. The largest absolute Gasteiger partial charge is 0.489 e. The molecule has 2 aromatic carbocycles. The van der Waals surface area contributed by atoms with Crippen LogP contribution in [0.2, 0.25) is 5.02 Å². The first-order valence-electron chi connectivity index (χ1n) is 14.1. The van der Waals surface area contributed by atoms with Crippen LogP contribution in [-0.4, -0.2) is 68.3 Å². The number of ether oxygens (including phenoxy) is 1. The number of nitrogens with zero attached hydrogens (tertiary/aromatic N) is 3. The Morgan fingerprint density at radius 3 is 2.26 bits per heavy atom. The van der Waals surface area contributed by atoms with Crippen molar-refractivity contribution in [3.05, 3.63) is 58.6 Å². The lowest BCUT2D eigenvalue weighted by atomic mass is 9.49. The highest BCUT2D eigenvalue weighted by Crippen LogP contribution is 2.55. The number of nitriles is 1. The number of carbonyl (C=O) groups is 1. The van der Waals surface area contributed by atoms with Gasteiger partial charge in [-0.2, -0.15) is 5.26 Å². The van der Waals surface area contributed by atoms with Crippen LogP contribution >= 0.6 is 11.6 Å². The third-order valence-corrected chi connectivity index (χ3v) is 9.38. The number of rotatable bonds is 6. The predicted octanol–water partition coefficient (Wildman–Crippen LogP) is 4.70. The highest BCUT2D eigenvalue weighted by molar-refractivity contribution is 6.31.